The minimum absolute atomic E-state index is 0.0209. The maximum Gasteiger partial charge on any atom is 0.239 e. The second kappa shape index (κ2) is 10.3. The Hall–Kier alpha value is -3.12. The molecule has 5 nitrogen and oxygen atoms in total. The van der Waals surface area contributed by atoms with E-state index in [9.17, 15) is 14.0 Å². The Bertz CT molecular complexity index is 1050. The number of hydrogen-bond donors (Lipinski definition) is 1. The third-order valence-corrected chi connectivity index (χ3v) is 5.39. The molecule has 1 atom stereocenters. The molecular formula is C24H24ClFN2O3. The molecule has 0 fully saturated rings. The molecule has 1 amide bonds. The number of amides is 1. The number of carbonyl (C=O) groups excluding carboxylic acids is 1. The summed E-state index contributed by atoms with van der Waals surface area (Å²) in [5, 5.41) is 3.56. The molecule has 1 aromatic heterocycles. The van der Waals surface area contributed by atoms with E-state index in [-0.39, 0.29) is 35.4 Å². The van der Waals surface area contributed by atoms with Crippen LogP contribution >= 0.6 is 11.6 Å². The van der Waals surface area contributed by atoms with Crippen molar-refractivity contribution in [3.8, 4) is 5.75 Å². The summed E-state index contributed by atoms with van der Waals surface area (Å²) in [5.41, 5.74) is 2.44. The van der Waals surface area contributed by atoms with E-state index in [4.69, 9.17) is 16.3 Å². The van der Waals surface area contributed by atoms with E-state index in [0.29, 0.717) is 23.7 Å². The van der Waals surface area contributed by atoms with Gasteiger partial charge in [-0.1, -0.05) is 35.9 Å². The smallest absolute Gasteiger partial charge is 0.239 e. The van der Waals surface area contributed by atoms with Gasteiger partial charge in [0.15, 0.2) is 5.75 Å². The van der Waals surface area contributed by atoms with Crippen LogP contribution in [-0.4, -0.2) is 24.1 Å². The lowest BCUT2D eigenvalue weighted by Crippen LogP contribution is -2.30. The van der Waals surface area contributed by atoms with Crippen molar-refractivity contribution in [3.63, 3.8) is 0 Å². The maximum atomic E-state index is 13.4. The van der Waals surface area contributed by atoms with Gasteiger partial charge in [-0.3, -0.25) is 9.59 Å². The van der Waals surface area contributed by atoms with Gasteiger partial charge in [0.05, 0.1) is 13.3 Å². The highest BCUT2D eigenvalue weighted by molar-refractivity contribution is 6.30. The zero-order valence-electron chi connectivity index (χ0n) is 17.4. The molecule has 162 valence electrons. The van der Waals surface area contributed by atoms with Crippen molar-refractivity contribution in [3.05, 3.63) is 98.7 Å². The molecule has 0 saturated carbocycles. The molecule has 1 heterocycles. The molecule has 0 saturated heterocycles. The summed E-state index contributed by atoms with van der Waals surface area (Å²) in [6.45, 7) is 2.27. The van der Waals surface area contributed by atoms with Gasteiger partial charge >= 0.3 is 0 Å². The minimum atomic E-state index is -0.293. The van der Waals surface area contributed by atoms with Gasteiger partial charge < -0.3 is 14.6 Å². The molecule has 0 bridgehead atoms. The average molecular weight is 443 g/mol. The van der Waals surface area contributed by atoms with Gasteiger partial charge in [-0.25, -0.2) is 4.39 Å². The summed E-state index contributed by atoms with van der Waals surface area (Å²) in [5.74, 6) is -0.300. The number of nitrogens with one attached hydrogen (secondary N) is 1. The van der Waals surface area contributed by atoms with Crippen LogP contribution in [0.5, 0.6) is 5.75 Å². The van der Waals surface area contributed by atoms with Crippen molar-refractivity contribution in [2.75, 3.05) is 13.7 Å². The van der Waals surface area contributed by atoms with Crippen LogP contribution in [0.3, 0.4) is 0 Å². The fourth-order valence-corrected chi connectivity index (χ4v) is 3.58. The van der Waals surface area contributed by atoms with E-state index in [1.165, 1.54) is 31.5 Å². The van der Waals surface area contributed by atoms with Crippen LogP contribution < -0.4 is 15.5 Å². The Balaban J connectivity index is 1.68. The molecule has 2 aromatic carbocycles. The fourth-order valence-electron chi connectivity index (χ4n) is 3.46. The topological polar surface area (TPSA) is 60.3 Å². The van der Waals surface area contributed by atoms with Gasteiger partial charge in [-0.2, -0.15) is 0 Å². The zero-order valence-corrected chi connectivity index (χ0v) is 18.2. The molecule has 0 aliphatic rings. The first-order valence-electron chi connectivity index (χ1n) is 9.90. The van der Waals surface area contributed by atoms with Gasteiger partial charge in [0, 0.05) is 29.2 Å². The van der Waals surface area contributed by atoms with Crippen LogP contribution in [0, 0.1) is 12.7 Å². The van der Waals surface area contributed by atoms with Crippen molar-refractivity contribution in [1.29, 1.82) is 0 Å². The average Bonchev–Trinajstić information content (AvgIpc) is 2.75. The van der Waals surface area contributed by atoms with Crippen LogP contribution in [0.1, 0.15) is 29.2 Å². The molecule has 0 aliphatic heterocycles. The molecule has 0 unspecified atom stereocenters. The van der Waals surface area contributed by atoms with Crippen LogP contribution in [0.15, 0.2) is 65.6 Å². The number of aromatic nitrogens is 1. The van der Waals surface area contributed by atoms with Gasteiger partial charge in [-0.15, -0.1) is 0 Å². The SMILES string of the molecule is COc1cn(CC(=O)NCC[C@H](c2ccc(F)cc2)c2ccc(Cl)cc2)c(C)cc1=O. The molecule has 0 radical (unpaired) electrons. The number of hydrogen-bond acceptors (Lipinski definition) is 3. The Morgan fingerprint density at radius 3 is 2.35 bits per heavy atom. The first-order valence-corrected chi connectivity index (χ1v) is 10.3. The van der Waals surface area contributed by atoms with Gasteiger partial charge in [0.2, 0.25) is 11.3 Å². The number of carbonyl (C=O) groups is 1. The van der Waals surface area contributed by atoms with E-state index in [0.717, 1.165) is 11.1 Å². The maximum absolute atomic E-state index is 13.4. The van der Waals surface area contributed by atoms with Gasteiger partial charge in [0.25, 0.3) is 0 Å². The monoisotopic (exact) mass is 442 g/mol. The first-order chi connectivity index (χ1) is 14.9. The van der Waals surface area contributed by atoms with E-state index in [2.05, 4.69) is 5.32 Å². The van der Waals surface area contributed by atoms with Gasteiger partial charge in [0.1, 0.15) is 12.4 Å². The van der Waals surface area contributed by atoms with Crippen molar-refractivity contribution >= 4 is 17.5 Å². The first kappa shape index (κ1) is 22.6. The van der Waals surface area contributed by atoms with Crippen molar-refractivity contribution < 1.29 is 13.9 Å². The summed E-state index contributed by atoms with van der Waals surface area (Å²) >= 11 is 6.01. The highest BCUT2D eigenvalue weighted by Gasteiger charge is 2.15. The predicted octanol–water partition coefficient (Wildman–Crippen LogP) is 4.30. The third kappa shape index (κ3) is 5.95. The van der Waals surface area contributed by atoms with Crippen LogP contribution in [0.4, 0.5) is 4.39 Å². The Labute approximate surface area is 185 Å². The van der Waals surface area contributed by atoms with Crippen LogP contribution in [0.2, 0.25) is 5.02 Å². The Morgan fingerprint density at radius 2 is 1.74 bits per heavy atom. The standard InChI is InChI=1S/C24H24ClFN2O3/c1-16-13-22(29)23(31-2)14-28(16)15-24(30)27-12-11-21(17-3-7-19(25)8-4-17)18-5-9-20(26)10-6-18/h3-10,13-14,21H,11-12,15H2,1-2H3,(H,27,30)/t21-/m0/s1. The quantitative estimate of drug-likeness (QED) is 0.566. The fraction of sp³-hybridized carbons (Fsp3) is 0.250. The highest BCUT2D eigenvalue weighted by atomic mass is 35.5. The highest BCUT2D eigenvalue weighted by Crippen LogP contribution is 2.29. The summed E-state index contributed by atoms with van der Waals surface area (Å²) in [4.78, 5) is 24.3. The lowest BCUT2D eigenvalue weighted by Gasteiger charge is -2.19. The third-order valence-electron chi connectivity index (χ3n) is 5.14. The number of nitrogens with zero attached hydrogens (tertiary/aromatic N) is 1. The number of rotatable bonds is 8. The second-order valence-electron chi connectivity index (χ2n) is 7.27. The van der Waals surface area contributed by atoms with E-state index in [1.807, 2.05) is 24.3 Å². The number of benzene rings is 2. The molecule has 3 rings (SSSR count). The van der Waals surface area contributed by atoms with Crippen molar-refractivity contribution in [2.45, 2.75) is 25.8 Å². The van der Waals surface area contributed by atoms with E-state index < -0.39 is 0 Å². The molecule has 7 heteroatoms. The molecule has 0 aliphatic carbocycles. The number of methoxy groups -OCH3 is 1. The van der Waals surface area contributed by atoms with Crippen molar-refractivity contribution in [2.24, 2.45) is 0 Å². The number of pyridine rings is 1. The number of ether oxygens (including phenoxy) is 1. The Morgan fingerprint density at radius 1 is 1.13 bits per heavy atom. The molecular weight excluding hydrogens is 419 g/mol. The largest absolute Gasteiger partial charge is 0.491 e. The van der Waals surface area contributed by atoms with Gasteiger partial charge in [-0.05, 0) is 48.7 Å². The molecule has 3 aromatic rings. The normalized spacial score (nSPS) is 11.7. The van der Waals surface area contributed by atoms with Crippen LogP contribution in [-0.2, 0) is 11.3 Å². The summed E-state index contributed by atoms with van der Waals surface area (Å²) in [7, 11) is 1.42. The van der Waals surface area contributed by atoms with Crippen molar-refractivity contribution in [1.82, 2.24) is 9.88 Å². The summed E-state index contributed by atoms with van der Waals surface area (Å²) < 4.78 is 20.1. The number of halogens is 2. The number of aryl methyl sites for hydroxylation is 1. The Kier molecular flexibility index (Phi) is 7.47. The van der Waals surface area contributed by atoms with E-state index >= 15 is 0 Å². The predicted molar refractivity (Wildman–Crippen MR) is 119 cm³/mol. The minimum Gasteiger partial charge on any atom is -0.491 e. The zero-order chi connectivity index (χ0) is 22.4. The summed E-state index contributed by atoms with van der Waals surface area (Å²) in [6.07, 6.45) is 2.16. The lowest BCUT2D eigenvalue weighted by molar-refractivity contribution is -0.121. The molecule has 1 N–H and O–H groups in total. The summed E-state index contributed by atoms with van der Waals surface area (Å²) in [6, 6.07) is 15.3. The lowest BCUT2D eigenvalue weighted by atomic mass is 9.88. The molecule has 31 heavy (non-hydrogen) atoms. The van der Waals surface area contributed by atoms with E-state index in [1.54, 1.807) is 23.6 Å². The second-order valence-corrected chi connectivity index (χ2v) is 7.71. The van der Waals surface area contributed by atoms with Crippen LogP contribution in [0.25, 0.3) is 0 Å². The molecule has 0 spiro atoms.